The first-order chi connectivity index (χ1) is 10.1. The molecular weight excluding hydrogens is 306 g/mol. The normalized spacial score (nSPS) is 10.8. The molecule has 0 amide bonds. The van der Waals surface area contributed by atoms with Crippen molar-refractivity contribution in [2.75, 3.05) is 7.05 Å². The van der Waals surface area contributed by atoms with Crippen molar-refractivity contribution in [3.8, 4) is 0 Å². The monoisotopic (exact) mass is 323 g/mol. The van der Waals surface area contributed by atoms with Crippen LogP contribution in [0.1, 0.15) is 24.6 Å². The molecule has 1 aromatic carbocycles. The standard InChI is InChI=1S/C15H18ClN3OS/c1-3-5-11-8-13(20)19-15(18-11)21-14-10(9-17-2)6-4-7-12(14)16/h4,6-8,17H,3,5,9H2,1-2H3,(H,18,19,20). The summed E-state index contributed by atoms with van der Waals surface area (Å²) in [5, 5.41) is 4.36. The van der Waals surface area contributed by atoms with Gasteiger partial charge in [0.25, 0.3) is 5.56 Å². The van der Waals surface area contributed by atoms with Gasteiger partial charge in [0.2, 0.25) is 0 Å². The van der Waals surface area contributed by atoms with Crippen LogP contribution in [0.2, 0.25) is 5.02 Å². The summed E-state index contributed by atoms with van der Waals surface area (Å²) in [4.78, 5) is 19.9. The highest BCUT2D eigenvalue weighted by atomic mass is 35.5. The number of aromatic amines is 1. The predicted octanol–water partition coefficient (Wildman–Crippen LogP) is 3.25. The van der Waals surface area contributed by atoms with Crippen LogP contribution in [-0.2, 0) is 13.0 Å². The summed E-state index contributed by atoms with van der Waals surface area (Å²) in [6, 6.07) is 7.33. The number of nitrogens with one attached hydrogen (secondary N) is 2. The Bertz CT molecular complexity index is 672. The molecule has 0 fully saturated rings. The van der Waals surface area contributed by atoms with Gasteiger partial charge in [-0.25, -0.2) is 4.98 Å². The van der Waals surface area contributed by atoms with Crippen molar-refractivity contribution < 1.29 is 0 Å². The molecule has 0 aliphatic carbocycles. The molecule has 0 radical (unpaired) electrons. The molecule has 0 spiro atoms. The van der Waals surface area contributed by atoms with Gasteiger partial charge in [-0.2, -0.15) is 0 Å². The first-order valence-electron chi connectivity index (χ1n) is 6.84. The van der Waals surface area contributed by atoms with Crippen LogP contribution < -0.4 is 10.9 Å². The maximum Gasteiger partial charge on any atom is 0.251 e. The summed E-state index contributed by atoms with van der Waals surface area (Å²) in [6.07, 6.45) is 1.75. The lowest BCUT2D eigenvalue weighted by Crippen LogP contribution is -2.10. The Morgan fingerprint density at radius 1 is 1.43 bits per heavy atom. The van der Waals surface area contributed by atoms with Crippen molar-refractivity contribution >= 4 is 23.4 Å². The topological polar surface area (TPSA) is 57.8 Å². The van der Waals surface area contributed by atoms with Gasteiger partial charge in [-0.15, -0.1) is 0 Å². The van der Waals surface area contributed by atoms with E-state index in [1.54, 1.807) is 6.07 Å². The molecule has 0 bridgehead atoms. The maximum absolute atomic E-state index is 11.7. The van der Waals surface area contributed by atoms with Crippen molar-refractivity contribution in [1.29, 1.82) is 0 Å². The molecule has 1 aromatic heterocycles. The Balaban J connectivity index is 2.35. The lowest BCUT2D eigenvalue weighted by atomic mass is 10.2. The minimum atomic E-state index is -0.127. The fourth-order valence-electron chi connectivity index (χ4n) is 2.01. The molecule has 0 aliphatic heterocycles. The van der Waals surface area contributed by atoms with E-state index in [1.807, 2.05) is 25.2 Å². The highest BCUT2D eigenvalue weighted by Gasteiger charge is 2.11. The molecule has 112 valence electrons. The van der Waals surface area contributed by atoms with Crippen molar-refractivity contribution in [2.45, 2.75) is 36.4 Å². The quantitative estimate of drug-likeness (QED) is 0.801. The molecule has 2 N–H and O–H groups in total. The molecule has 0 aliphatic rings. The number of nitrogens with zero attached hydrogens (tertiary/aromatic N) is 1. The third-order valence-corrected chi connectivity index (χ3v) is 4.39. The highest BCUT2D eigenvalue weighted by molar-refractivity contribution is 7.99. The third kappa shape index (κ3) is 4.33. The molecule has 0 atom stereocenters. The van der Waals surface area contributed by atoms with Gasteiger partial charge >= 0.3 is 0 Å². The Morgan fingerprint density at radius 3 is 2.95 bits per heavy atom. The van der Waals surface area contributed by atoms with Crippen LogP contribution in [0.25, 0.3) is 0 Å². The van der Waals surface area contributed by atoms with Crippen LogP contribution in [0.3, 0.4) is 0 Å². The van der Waals surface area contributed by atoms with E-state index in [-0.39, 0.29) is 5.56 Å². The zero-order valence-electron chi connectivity index (χ0n) is 12.1. The number of hydrogen-bond donors (Lipinski definition) is 2. The molecule has 4 nitrogen and oxygen atoms in total. The van der Waals surface area contributed by atoms with Crippen molar-refractivity contribution in [2.24, 2.45) is 0 Å². The predicted molar refractivity (Wildman–Crippen MR) is 87.2 cm³/mol. The summed E-state index contributed by atoms with van der Waals surface area (Å²) in [5.74, 6) is 0. The lowest BCUT2D eigenvalue weighted by molar-refractivity contribution is 0.799. The van der Waals surface area contributed by atoms with Crippen LogP contribution in [0, 0.1) is 0 Å². The van der Waals surface area contributed by atoms with Gasteiger partial charge < -0.3 is 10.3 Å². The first kappa shape index (κ1) is 16.1. The van der Waals surface area contributed by atoms with Crippen LogP contribution in [0.5, 0.6) is 0 Å². The van der Waals surface area contributed by atoms with Gasteiger partial charge in [0.1, 0.15) is 0 Å². The molecule has 2 rings (SSSR count). The number of benzene rings is 1. The number of aryl methyl sites for hydroxylation is 1. The van der Waals surface area contributed by atoms with Gasteiger partial charge in [0, 0.05) is 23.2 Å². The fraction of sp³-hybridized carbons (Fsp3) is 0.333. The zero-order valence-corrected chi connectivity index (χ0v) is 13.6. The summed E-state index contributed by atoms with van der Waals surface area (Å²) >= 11 is 7.68. The second-order valence-electron chi connectivity index (χ2n) is 4.65. The van der Waals surface area contributed by atoms with E-state index in [9.17, 15) is 4.79 Å². The van der Waals surface area contributed by atoms with E-state index in [1.165, 1.54) is 11.8 Å². The van der Waals surface area contributed by atoms with E-state index in [0.717, 1.165) is 29.0 Å². The Hall–Kier alpha value is -1.30. The molecule has 1 heterocycles. The zero-order chi connectivity index (χ0) is 15.2. The average Bonchev–Trinajstić information content (AvgIpc) is 2.43. The molecule has 0 saturated heterocycles. The molecule has 21 heavy (non-hydrogen) atoms. The van der Waals surface area contributed by atoms with E-state index >= 15 is 0 Å². The number of aromatic nitrogens is 2. The van der Waals surface area contributed by atoms with Crippen LogP contribution in [0.15, 0.2) is 39.1 Å². The summed E-state index contributed by atoms with van der Waals surface area (Å²) in [7, 11) is 1.89. The number of H-pyrrole nitrogens is 1. The minimum Gasteiger partial charge on any atom is -0.316 e. The van der Waals surface area contributed by atoms with Gasteiger partial charge in [-0.3, -0.25) is 4.79 Å². The minimum absolute atomic E-state index is 0.127. The van der Waals surface area contributed by atoms with Crippen LogP contribution in [-0.4, -0.2) is 17.0 Å². The second kappa shape index (κ2) is 7.64. The summed E-state index contributed by atoms with van der Waals surface area (Å²) in [5.41, 5.74) is 1.77. The SMILES string of the molecule is CCCc1cc(=O)[nH]c(Sc2c(Cl)cccc2CNC)n1. The van der Waals surface area contributed by atoms with Crippen molar-refractivity contribution in [3.05, 3.63) is 50.9 Å². The Morgan fingerprint density at radius 2 is 2.24 bits per heavy atom. The smallest absolute Gasteiger partial charge is 0.251 e. The van der Waals surface area contributed by atoms with Crippen LogP contribution in [0.4, 0.5) is 0 Å². The largest absolute Gasteiger partial charge is 0.316 e. The van der Waals surface area contributed by atoms with E-state index in [4.69, 9.17) is 11.6 Å². The van der Waals surface area contributed by atoms with Crippen molar-refractivity contribution in [3.63, 3.8) is 0 Å². The first-order valence-corrected chi connectivity index (χ1v) is 8.03. The van der Waals surface area contributed by atoms with E-state index in [2.05, 4.69) is 22.2 Å². The average molecular weight is 324 g/mol. The molecule has 0 unspecified atom stereocenters. The van der Waals surface area contributed by atoms with E-state index < -0.39 is 0 Å². The van der Waals surface area contributed by atoms with Gasteiger partial charge in [0.05, 0.1) is 5.02 Å². The number of halogens is 1. The third-order valence-electron chi connectivity index (χ3n) is 2.89. The molecule has 2 aromatic rings. The maximum atomic E-state index is 11.7. The molecule has 6 heteroatoms. The number of rotatable bonds is 6. The highest BCUT2D eigenvalue weighted by Crippen LogP contribution is 2.34. The second-order valence-corrected chi connectivity index (χ2v) is 6.06. The van der Waals surface area contributed by atoms with Crippen molar-refractivity contribution in [1.82, 2.24) is 15.3 Å². The van der Waals surface area contributed by atoms with Gasteiger partial charge in [-0.05, 0) is 36.9 Å². The summed E-state index contributed by atoms with van der Waals surface area (Å²) in [6.45, 7) is 2.77. The van der Waals surface area contributed by atoms with Crippen LogP contribution >= 0.6 is 23.4 Å². The Labute approximate surface area is 133 Å². The Kier molecular flexibility index (Phi) is 5.85. The molecule has 0 saturated carbocycles. The molecular formula is C15H18ClN3OS. The van der Waals surface area contributed by atoms with E-state index in [0.29, 0.717) is 16.7 Å². The number of hydrogen-bond acceptors (Lipinski definition) is 4. The lowest BCUT2D eigenvalue weighted by Gasteiger charge is -2.10. The van der Waals surface area contributed by atoms with Gasteiger partial charge in [-0.1, -0.05) is 37.1 Å². The summed E-state index contributed by atoms with van der Waals surface area (Å²) < 4.78 is 0. The van der Waals surface area contributed by atoms with Gasteiger partial charge in [0.15, 0.2) is 5.16 Å². The fourth-order valence-corrected chi connectivity index (χ4v) is 3.26.